The van der Waals surface area contributed by atoms with Gasteiger partial charge in [-0.15, -0.1) is 0 Å². The zero-order valence-electron chi connectivity index (χ0n) is 24.5. The van der Waals surface area contributed by atoms with Crippen molar-refractivity contribution in [2.45, 2.75) is 64.4 Å². The number of ether oxygens (including phenoxy) is 1. The van der Waals surface area contributed by atoms with E-state index in [9.17, 15) is 28.8 Å². The third-order valence-corrected chi connectivity index (χ3v) is 6.34. The molecule has 13 heteroatoms. The number of primary amides is 1. The van der Waals surface area contributed by atoms with Crippen molar-refractivity contribution >= 4 is 35.5 Å². The van der Waals surface area contributed by atoms with Gasteiger partial charge in [-0.2, -0.15) is 0 Å². The Hall–Kier alpha value is -4.78. The summed E-state index contributed by atoms with van der Waals surface area (Å²) in [6.07, 6.45) is -0.429. The molecule has 13 nitrogen and oxygen atoms in total. The highest BCUT2D eigenvalue weighted by molar-refractivity contribution is 5.96. The summed E-state index contributed by atoms with van der Waals surface area (Å²) < 4.78 is 5.31. The van der Waals surface area contributed by atoms with Crippen LogP contribution < -0.4 is 32.7 Å². The van der Waals surface area contributed by atoms with E-state index >= 15 is 0 Å². The highest BCUT2D eigenvalue weighted by Crippen LogP contribution is 2.09. The normalized spacial score (nSPS) is 13.5. The molecule has 2 aromatic rings. The smallest absolute Gasteiger partial charge is 0.328 e. The van der Waals surface area contributed by atoms with Gasteiger partial charge < -0.3 is 37.5 Å². The van der Waals surface area contributed by atoms with E-state index in [2.05, 4.69) is 21.3 Å². The molecule has 232 valence electrons. The Balaban J connectivity index is 2.16. The Labute approximate surface area is 250 Å². The van der Waals surface area contributed by atoms with Gasteiger partial charge in [0.15, 0.2) is 0 Å². The van der Waals surface area contributed by atoms with E-state index in [1.54, 1.807) is 56.3 Å². The van der Waals surface area contributed by atoms with Crippen molar-refractivity contribution in [3.05, 3.63) is 71.8 Å². The molecule has 0 aliphatic heterocycles. The van der Waals surface area contributed by atoms with E-state index in [1.807, 2.05) is 18.2 Å². The standard InChI is InChI=1S/C30H40N6O7/c1-18(2)26(36-28(40)23(15-24(32)37)34-25(38)16-31)29(41)35-22(14-20-10-6-4-7-11-20)27(39)33-19(3)30(42)43-17-21-12-8-5-9-13-21/h4-13,18-19,22-23,26H,14-17,31H2,1-3H3,(H2,32,37)(H,33,39)(H,34,38)(H,35,41)(H,36,40)/t19-,22-,23-,26-/m0/s1. The van der Waals surface area contributed by atoms with Crippen molar-refractivity contribution in [2.75, 3.05) is 6.54 Å². The number of hydrogen-bond acceptors (Lipinski definition) is 8. The van der Waals surface area contributed by atoms with Crippen molar-refractivity contribution in [3.63, 3.8) is 0 Å². The fraction of sp³-hybridized carbons (Fsp3) is 0.400. The van der Waals surface area contributed by atoms with Crippen LogP contribution in [0.2, 0.25) is 0 Å². The van der Waals surface area contributed by atoms with Gasteiger partial charge in [0.1, 0.15) is 30.8 Å². The second-order valence-corrected chi connectivity index (χ2v) is 10.3. The average molecular weight is 597 g/mol. The number of amides is 5. The fourth-order valence-electron chi connectivity index (χ4n) is 4.00. The van der Waals surface area contributed by atoms with Gasteiger partial charge in [0.25, 0.3) is 0 Å². The summed E-state index contributed by atoms with van der Waals surface area (Å²) in [4.78, 5) is 75.6. The molecule has 0 heterocycles. The second-order valence-electron chi connectivity index (χ2n) is 10.3. The van der Waals surface area contributed by atoms with Crippen LogP contribution in [-0.4, -0.2) is 66.2 Å². The maximum atomic E-state index is 13.4. The first kappa shape index (κ1) is 34.4. The molecular formula is C30H40N6O7. The Morgan fingerprint density at radius 3 is 1.81 bits per heavy atom. The number of esters is 1. The highest BCUT2D eigenvalue weighted by Gasteiger charge is 2.32. The Morgan fingerprint density at radius 1 is 0.721 bits per heavy atom. The fourth-order valence-corrected chi connectivity index (χ4v) is 4.00. The van der Waals surface area contributed by atoms with Crippen LogP contribution in [0.4, 0.5) is 0 Å². The van der Waals surface area contributed by atoms with Gasteiger partial charge in [0, 0.05) is 6.42 Å². The molecule has 0 aliphatic carbocycles. The number of nitrogens with one attached hydrogen (secondary N) is 4. The molecule has 43 heavy (non-hydrogen) atoms. The lowest BCUT2D eigenvalue weighted by Gasteiger charge is -2.27. The molecular weight excluding hydrogens is 556 g/mol. The maximum absolute atomic E-state index is 13.4. The summed E-state index contributed by atoms with van der Waals surface area (Å²) >= 11 is 0. The minimum Gasteiger partial charge on any atom is -0.459 e. The van der Waals surface area contributed by atoms with Crippen molar-refractivity contribution in [3.8, 4) is 0 Å². The Bertz CT molecular complexity index is 1260. The number of carbonyl (C=O) groups excluding carboxylic acids is 6. The van der Waals surface area contributed by atoms with E-state index in [0.29, 0.717) is 0 Å². The van der Waals surface area contributed by atoms with Crippen molar-refractivity contribution in [1.82, 2.24) is 21.3 Å². The zero-order valence-corrected chi connectivity index (χ0v) is 24.5. The van der Waals surface area contributed by atoms with Crippen LogP contribution in [-0.2, 0) is 46.5 Å². The van der Waals surface area contributed by atoms with Gasteiger partial charge >= 0.3 is 5.97 Å². The molecule has 0 radical (unpaired) electrons. The van der Waals surface area contributed by atoms with Crippen LogP contribution in [0, 0.1) is 5.92 Å². The van der Waals surface area contributed by atoms with Gasteiger partial charge in [-0.25, -0.2) is 4.79 Å². The largest absolute Gasteiger partial charge is 0.459 e. The molecule has 8 N–H and O–H groups in total. The molecule has 0 fully saturated rings. The summed E-state index contributed by atoms with van der Waals surface area (Å²) in [5.74, 6) is -4.82. The predicted octanol–water partition coefficient (Wildman–Crippen LogP) is -0.578. The van der Waals surface area contributed by atoms with Gasteiger partial charge in [0.2, 0.25) is 29.5 Å². The molecule has 2 aromatic carbocycles. The summed E-state index contributed by atoms with van der Waals surface area (Å²) in [5, 5.41) is 10.1. The van der Waals surface area contributed by atoms with Gasteiger partial charge in [0.05, 0.1) is 13.0 Å². The first-order valence-electron chi connectivity index (χ1n) is 13.8. The van der Waals surface area contributed by atoms with Crippen LogP contribution >= 0.6 is 0 Å². The molecule has 0 saturated carbocycles. The zero-order chi connectivity index (χ0) is 31.9. The minimum absolute atomic E-state index is 0.0301. The molecule has 0 unspecified atom stereocenters. The molecule has 0 bridgehead atoms. The van der Waals surface area contributed by atoms with Gasteiger partial charge in [-0.1, -0.05) is 74.5 Å². The number of hydrogen-bond donors (Lipinski definition) is 6. The lowest BCUT2D eigenvalue weighted by Crippen LogP contribution is -2.59. The summed E-state index contributed by atoms with van der Waals surface area (Å²) in [6.45, 7) is 4.41. The average Bonchev–Trinajstić information content (AvgIpc) is 2.98. The van der Waals surface area contributed by atoms with Gasteiger partial charge in [-0.3, -0.25) is 24.0 Å². The summed E-state index contributed by atoms with van der Waals surface area (Å²) in [5.41, 5.74) is 12.0. The molecule has 5 amide bonds. The summed E-state index contributed by atoms with van der Waals surface area (Å²) in [7, 11) is 0. The van der Waals surface area contributed by atoms with E-state index < -0.39 is 78.6 Å². The number of carbonyl (C=O) groups is 6. The maximum Gasteiger partial charge on any atom is 0.328 e. The Kier molecular flexibility index (Phi) is 13.8. The van der Waals surface area contributed by atoms with Crippen molar-refractivity contribution < 1.29 is 33.5 Å². The molecule has 0 aliphatic rings. The molecule has 0 spiro atoms. The Morgan fingerprint density at radius 2 is 1.28 bits per heavy atom. The third-order valence-electron chi connectivity index (χ3n) is 6.34. The van der Waals surface area contributed by atoms with E-state index in [0.717, 1.165) is 11.1 Å². The van der Waals surface area contributed by atoms with Crippen LogP contribution in [0.15, 0.2) is 60.7 Å². The number of nitrogens with two attached hydrogens (primary N) is 2. The topological polar surface area (TPSA) is 212 Å². The first-order valence-corrected chi connectivity index (χ1v) is 13.8. The van der Waals surface area contributed by atoms with Crippen molar-refractivity contribution in [1.29, 1.82) is 0 Å². The molecule has 2 rings (SSSR count). The van der Waals surface area contributed by atoms with Crippen LogP contribution in [0.1, 0.15) is 38.3 Å². The predicted molar refractivity (Wildman–Crippen MR) is 157 cm³/mol. The molecule has 4 atom stereocenters. The molecule has 0 aromatic heterocycles. The molecule has 0 saturated heterocycles. The number of rotatable bonds is 16. The lowest BCUT2D eigenvalue weighted by molar-refractivity contribution is -0.148. The summed E-state index contributed by atoms with van der Waals surface area (Å²) in [6, 6.07) is 13.3. The van der Waals surface area contributed by atoms with Crippen LogP contribution in [0.25, 0.3) is 0 Å². The first-order chi connectivity index (χ1) is 20.4. The third kappa shape index (κ3) is 11.9. The number of benzene rings is 2. The minimum atomic E-state index is -1.35. The van der Waals surface area contributed by atoms with E-state index in [-0.39, 0.29) is 13.0 Å². The lowest BCUT2D eigenvalue weighted by atomic mass is 10.00. The second kappa shape index (κ2) is 17.2. The van der Waals surface area contributed by atoms with E-state index in [4.69, 9.17) is 16.2 Å². The SMILES string of the molecule is CC(C)[C@H](NC(=O)[C@H](CC(N)=O)NC(=O)CN)C(=O)N[C@@H](Cc1ccccc1)C(=O)N[C@@H](C)C(=O)OCc1ccccc1. The van der Waals surface area contributed by atoms with E-state index in [1.165, 1.54) is 6.92 Å². The highest BCUT2D eigenvalue weighted by atomic mass is 16.5. The van der Waals surface area contributed by atoms with Gasteiger partial charge in [-0.05, 0) is 24.0 Å². The quantitative estimate of drug-likeness (QED) is 0.138. The van der Waals surface area contributed by atoms with Crippen LogP contribution in [0.5, 0.6) is 0 Å². The van der Waals surface area contributed by atoms with Crippen LogP contribution in [0.3, 0.4) is 0 Å². The van der Waals surface area contributed by atoms with Crippen molar-refractivity contribution in [2.24, 2.45) is 17.4 Å². The monoisotopic (exact) mass is 596 g/mol.